The van der Waals surface area contributed by atoms with Gasteiger partial charge in [-0.05, 0) is 19.8 Å². The average Bonchev–Trinajstić information content (AvgIpc) is 2.59. The zero-order valence-electron chi connectivity index (χ0n) is 5.99. The number of rotatable bonds is 1. The quantitative estimate of drug-likeness (QED) is 0.534. The highest BCUT2D eigenvalue weighted by Crippen LogP contribution is 2.41. The smallest absolute Gasteiger partial charge is 0.298 e. The maximum absolute atomic E-state index is 10.5. The molecule has 0 unspecified atom stereocenters. The lowest BCUT2D eigenvalue weighted by atomic mass is 10.4. The lowest BCUT2D eigenvalue weighted by molar-refractivity contribution is 0.0326. The van der Waals surface area contributed by atoms with Crippen molar-refractivity contribution in [3.63, 3.8) is 0 Å². The third-order valence-corrected chi connectivity index (χ3v) is 1.91. The lowest BCUT2D eigenvalue weighted by Gasteiger charge is -2.01. The van der Waals surface area contributed by atoms with Crippen molar-refractivity contribution in [2.75, 3.05) is 0 Å². The first-order valence-corrected chi connectivity index (χ1v) is 3.36. The second-order valence-electron chi connectivity index (χ2n) is 3.01. The van der Waals surface area contributed by atoms with Crippen LogP contribution < -0.4 is 11.3 Å². The largest absolute Gasteiger partial charge is 0.446 e. The maximum atomic E-state index is 10.5. The van der Waals surface area contributed by atoms with Crippen LogP contribution >= 0.6 is 0 Å². The van der Waals surface area contributed by atoms with Crippen LogP contribution in [0.5, 0.6) is 0 Å². The first-order valence-electron chi connectivity index (χ1n) is 3.36. The fourth-order valence-electron chi connectivity index (χ4n) is 0.828. The third-order valence-electron chi connectivity index (χ3n) is 1.91. The minimum atomic E-state index is -0.932. The number of hydrogen-bond donors (Lipinski definition) is 0. The highest BCUT2D eigenvalue weighted by atomic mass is 16.7. The Labute approximate surface area is 61.1 Å². The molecule has 0 amide bonds. The molecule has 1 aliphatic rings. The second kappa shape index (κ2) is 1.66. The Kier molecular flexibility index (Phi) is 0.976. The standard InChI is InChI=1S/C6H7NO4/c1-6(2-3-6)7-10-4(8)5(9)11-7/h2-3H2,1H3. The fourth-order valence-corrected chi connectivity index (χ4v) is 0.828. The second-order valence-corrected chi connectivity index (χ2v) is 3.01. The van der Waals surface area contributed by atoms with E-state index in [4.69, 9.17) is 0 Å². The molecule has 1 aliphatic carbocycles. The summed E-state index contributed by atoms with van der Waals surface area (Å²) in [6.07, 6.45) is 1.76. The van der Waals surface area contributed by atoms with Crippen LogP contribution in [0.4, 0.5) is 0 Å². The molecule has 0 spiro atoms. The van der Waals surface area contributed by atoms with Crippen LogP contribution in [0, 0.1) is 0 Å². The van der Waals surface area contributed by atoms with E-state index >= 15 is 0 Å². The van der Waals surface area contributed by atoms with E-state index in [9.17, 15) is 9.59 Å². The highest BCUT2D eigenvalue weighted by molar-refractivity contribution is 4.89. The summed E-state index contributed by atoms with van der Waals surface area (Å²) in [4.78, 5) is 22.0. The Morgan fingerprint density at radius 2 is 1.73 bits per heavy atom. The van der Waals surface area contributed by atoms with Gasteiger partial charge < -0.3 is 0 Å². The first kappa shape index (κ1) is 6.45. The monoisotopic (exact) mass is 157 g/mol. The number of hydrogen-bond acceptors (Lipinski definition) is 4. The molecule has 1 aromatic heterocycles. The predicted octanol–water partition coefficient (Wildman–Crippen LogP) is -0.0965. The van der Waals surface area contributed by atoms with E-state index < -0.39 is 11.3 Å². The Hall–Kier alpha value is -1.26. The van der Waals surface area contributed by atoms with E-state index in [1.165, 1.54) is 0 Å². The van der Waals surface area contributed by atoms with Gasteiger partial charge in [-0.15, -0.1) is 0 Å². The van der Waals surface area contributed by atoms with Gasteiger partial charge in [0.25, 0.3) is 0 Å². The van der Waals surface area contributed by atoms with E-state index in [-0.39, 0.29) is 5.54 Å². The first-order chi connectivity index (χ1) is 5.12. The van der Waals surface area contributed by atoms with E-state index in [0.717, 1.165) is 17.8 Å². The molecule has 5 nitrogen and oxygen atoms in total. The van der Waals surface area contributed by atoms with Crippen LogP contribution in [0.3, 0.4) is 0 Å². The summed E-state index contributed by atoms with van der Waals surface area (Å²) in [5, 5.41) is 0. The van der Waals surface area contributed by atoms with Gasteiger partial charge in [0.1, 0.15) is 5.54 Å². The minimum absolute atomic E-state index is 0.262. The molecular weight excluding hydrogens is 150 g/mol. The Morgan fingerprint density at radius 3 is 2.09 bits per heavy atom. The normalized spacial score (nSPS) is 20.1. The molecule has 2 rings (SSSR count). The summed E-state index contributed by atoms with van der Waals surface area (Å²) >= 11 is 0. The molecule has 1 aromatic rings. The summed E-state index contributed by atoms with van der Waals surface area (Å²) in [5.41, 5.74) is -2.13. The van der Waals surface area contributed by atoms with Gasteiger partial charge in [-0.1, -0.05) is 4.91 Å². The molecule has 1 saturated carbocycles. The third kappa shape index (κ3) is 0.840. The molecule has 1 fully saturated rings. The van der Waals surface area contributed by atoms with E-state index in [2.05, 4.69) is 9.05 Å². The van der Waals surface area contributed by atoms with Crippen molar-refractivity contribution in [1.29, 1.82) is 0 Å². The van der Waals surface area contributed by atoms with E-state index in [1.54, 1.807) is 0 Å². The molecule has 0 aromatic carbocycles. The molecule has 11 heavy (non-hydrogen) atoms. The molecule has 0 saturated heterocycles. The zero-order chi connectivity index (χ0) is 8.06. The summed E-state index contributed by atoms with van der Waals surface area (Å²) in [6, 6.07) is 0. The molecule has 1 heterocycles. The van der Waals surface area contributed by atoms with Crippen LogP contribution in [0.2, 0.25) is 0 Å². The van der Waals surface area contributed by atoms with Crippen LogP contribution in [0.15, 0.2) is 18.6 Å². The number of nitrogens with zero attached hydrogens (tertiary/aromatic N) is 1. The highest BCUT2D eigenvalue weighted by Gasteiger charge is 2.44. The maximum Gasteiger partial charge on any atom is 0.446 e. The molecule has 0 atom stereocenters. The van der Waals surface area contributed by atoms with Crippen LogP contribution in [0.1, 0.15) is 19.8 Å². The molecule has 0 N–H and O–H groups in total. The molecule has 0 aliphatic heterocycles. The lowest BCUT2D eigenvalue weighted by Crippen LogP contribution is -2.14. The van der Waals surface area contributed by atoms with Crippen LogP contribution in [0.25, 0.3) is 0 Å². The van der Waals surface area contributed by atoms with E-state index in [1.807, 2.05) is 6.92 Å². The Morgan fingerprint density at radius 1 is 1.27 bits per heavy atom. The molecule has 0 bridgehead atoms. The zero-order valence-corrected chi connectivity index (χ0v) is 5.99. The van der Waals surface area contributed by atoms with Crippen molar-refractivity contribution < 1.29 is 9.05 Å². The van der Waals surface area contributed by atoms with Gasteiger partial charge in [0.05, 0.1) is 0 Å². The Balaban J connectivity index is 2.56. The van der Waals surface area contributed by atoms with Gasteiger partial charge in [0.2, 0.25) is 0 Å². The van der Waals surface area contributed by atoms with Crippen LogP contribution in [-0.4, -0.2) is 4.91 Å². The minimum Gasteiger partial charge on any atom is -0.298 e. The molecule has 5 heteroatoms. The fraction of sp³-hybridized carbons (Fsp3) is 0.667. The van der Waals surface area contributed by atoms with Gasteiger partial charge in [0, 0.05) is 0 Å². The molecule has 0 radical (unpaired) electrons. The summed E-state index contributed by atoms with van der Waals surface area (Å²) in [7, 11) is 0. The van der Waals surface area contributed by atoms with Gasteiger partial charge in [-0.25, -0.2) is 9.59 Å². The van der Waals surface area contributed by atoms with Crippen molar-refractivity contribution >= 4 is 0 Å². The van der Waals surface area contributed by atoms with Gasteiger partial charge >= 0.3 is 11.3 Å². The van der Waals surface area contributed by atoms with Crippen molar-refractivity contribution in [2.45, 2.75) is 25.3 Å². The van der Waals surface area contributed by atoms with Crippen LogP contribution in [-0.2, 0) is 5.54 Å². The SMILES string of the molecule is CC1(n2oc(=O)c(=O)o2)CC1. The van der Waals surface area contributed by atoms with E-state index in [0.29, 0.717) is 0 Å². The van der Waals surface area contributed by atoms with Crippen molar-refractivity contribution in [3.05, 3.63) is 20.8 Å². The summed E-state index contributed by atoms with van der Waals surface area (Å²) in [5.74, 6) is 0. The van der Waals surface area contributed by atoms with Gasteiger partial charge in [0.15, 0.2) is 0 Å². The summed E-state index contributed by atoms with van der Waals surface area (Å²) < 4.78 is 9.05. The van der Waals surface area contributed by atoms with Gasteiger partial charge in [-0.3, -0.25) is 9.05 Å². The van der Waals surface area contributed by atoms with Gasteiger partial charge in [-0.2, -0.15) is 0 Å². The predicted molar refractivity (Wildman–Crippen MR) is 34.4 cm³/mol. The van der Waals surface area contributed by atoms with Crippen molar-refractivity contribution in [1.82, 2.24) is 4.91 Å². The van der Waals surface area contributed by atoms with Crippen molar-refractivity contribution in [3.8, 4) is 0 Å². The molecular formula is C6H7NO4. The number of aromatic nitrogens is 1. The molecule has 60 valence electrons. The Bertz CT molecular complexity index is 350. The topological polar surface area (TPSA) is 65.3 Å². The summed E-state index contributed by atoms with van der Waals surface area (Å²) in [6.45, 7) is 1.86. The average molecular weight is 157 g/mol. The van der Waals surface area contributed by atoms with Crippen molar-refractivity contribution in [2.24, 2.45) is 0 Å².